The van der Waals surface area contributed by atoms with E-state index < -0.39 is 0 Å². The van der Waals surface area contributed by atoms with Gasteiger partial charge in [-0.05, 0) is 31.2 Å². The number of hydrogen-bond acceptors (Lipinski definition) is 1. The first-order valence-corrected chi connectivity index (χ1v) is 7.67. The Morgan fingerprint density at radius 3 is 2.67 bits per heavy atom. The lowest BCUT2D eigenvalue weighted by atomic mass is 10.00. The van der Waals surface area contributed by atoms with Gasteiger partial charge in [0.1, 0.15) is 0 Å². The number of piperidine rings is 1. The van der Waals surface area contributed by atoms with E-state index >= 15 is 0 Å². The summed E-state index contributed by atoms with van der Waals surface area (Å²) in [5.74, 6) is 1.86. The Labute approximate surface area is 146 Å². The average molecular weight is 401 g/mol. The molecule has 0 aromatic heterocycles. The predicted molar refractivity (Wildman–Crippen MR) is 101 cm³/mol. The van der Waals surface area contributed by atoms with Crippen molar-refractivity contribution in [1.82, 2.24) is 4.90 Å². The van der Waals surface area contributed by atoms with Gasteiger partial charge >= 0.3 is 0 Å². The van der Waals surface area contributed by atoms with Crippen LogP contribution in [0, 0.1) is 12.8 Å². The Morgan fingerprint density at radius 2 is 2.05 bits per heavy atom. The van der Waals surface area contributed by atoms with Crippen LogP contribution in [0.2, 0.25) is 0 Å². The lowest BCUT2D eigenvalue weighted by molar-refractivity contribution is 0.270. The van der Waals surface area contributed by atoms with Crippen LogP contribution in [0.4, 0.5) is 0 Å². The van der Waals surface area contributed by atoms with Crippen molar-refractivity contribution in [2.45, 2.75) is 39.5 Å². The van der Waals surface area contributed by atoms with E-state index in [9.17, 15) is 0 Å². The van der Waals surface area contributed by atoms with E-state index in [1.807, 2.05) is 0 Å². The predicted octanol–water partition coefficient (Wildman–Crippen LogP) is 3.76. The summed E-state index contributed by atoms with van der Waals surface area (Å²) in [6.07, 6.45) is 2.54. The van der Waals surface area contributed by atoms with Crippen LogP contribution in [-0.2, 0) is 0 Å². The molecule has 1 aliphatic rings. The maximum atomic E-state index is 6.14. The van der Waals surface area contributed by atoms with Gasteiger partial charge in [0.15, 0.2) is 5.96 Å². The molecule has 0 radical (unpaired) electrons. The zero-order valence-electron chi connectivity index (χ0n) is 13.4. The third-order valence-electron chi connectivity index (χ3n) is 4.15. The molecule has 4 heteroatoms. The maximum Gasteiger partial charge on any atom is 0.191 e. The largest absolute Gasteiger partial charge is 0.370 e. The SMILES string of the molecule is Cc1ccc(C(C)CN=C(N)N2CCCC(C)C2)cc1.I. The first-order valence-electron chi connectivity index (χ1n) is 7.67. The number of guanidine groups is 1. The smallest absolute Gasteiger partial charge is 0.191 e. The lowest BCUT2D eigenvalue weighted by Crippen LogP contribution is -2.43. The van der Waals surface area contributed by atoms with Crippen molar-refractivity contribution in [2.75, 3.05) is 19.6 Å². The van der Waals surface area contributed by atoms with Crippen LogP contribution in [0.3, 0.4) is 0 Å². The minimum absolute atomic E-state index is 0. The molecular formula is C17H28IN3. The second kappa shape index (κ2) is 8.61. The molecule has 0 aliphatic carbocycles. The fourth-order valence-electron chi connectivity index (χ4n) is 2.73. The summed E-state index contributed by atoms with van der Waals surface area (Å²) in [6, 6.07) is 8.69. The molecule has 0 bridgehead atoms. The number of nitrogens with zero attached hydrogens (tertiary/aromatic N) is 2. The molecule has 2 N–H and O–H groups in total. The van der Waals surface area contributed by atoms with Crippen molar-refractivity contribution in [3.05, 3.63) is 35.4 Å². The Morgan fingerprint density at radius 1 is 1.38 bits per heavy atom. The molecule has 1 heterocycles. The van der Waals surface area contributed by atoms with Crippen LogP contribution in [0.25, 0.3) is 0 Å². The summed E-state index contributed by atoms with van der Waals surface area (Å²) in [5, 5.41) is 0. The molecular weight excluding hydrogens is 373 g/mol. The van der Waals surface area contributed by atoms with Gasteiger partial charge in [-0.25, -0.2) is 0 Å². The number of aliphatic imine (C=N–C) groups is 1. The van der Waals surface area contributed by atoms with Crippen LogP contribution in [0.1, 0.15) is 43.7 Å². The fraction of sp³-hybridized carbons (Fsp3) is 0.588. The lowest BCUT2D eigenvalue weighted by Gasteiger charge is -2.31. The number of likely N-dealkylation sites (tertiary alicyclic amines) is 1. The highest BCUT2D eigenvalue weighted by atomic mass is 127. The molecule has 1 fully saturated rings. The number of halogens is 1. The van der Waals surface area contributed by atoms with Crippen LogP contribution in [0.5, 0.6) is 0 Å². The van der Waals surface area contributed by atoms with E-state index in [0.29, 0.717) is 5.92 Å². The van der Waals surface area contributed by atoms with Crippen molar-refractivity contribution in [3.63, 3.8) is 0 Å². The minimum atomic E-state index is 0. The van der Waals surface area contributed by atoms with E-state index in [4.69, 9.17) is 5.73 Å². The number of hydrogen-bond donors (Lipinski definition) is 1. The zero-order valence-corrected chi connectivity index (χ0v) is 15.7. The summed E-state index contributed by atoms with van der Waals surface area (Å²) in [6.45, 7) is 9.48. The standard InChI is InChI=1S/C17H27N3.HI/c1-13-6-8-16(9-7-13)15(3)11-19-17(18)20-10-4-5-14(2)12-20;/h6-9,14-15H,4-5,10-12H2,1-3H3,(H2,18,19);1H. The quantitative estimate of drug-likeness (QED) is 0.476. The van der Waals surface area contributed by atoms with Gasteiger partial charge in [0.2, 0.25) is 0 Å². The Kier molecular flexibility index (Phi) is 7.49. The highest BCUT2D eigenvalue weighted by Crippen LogP contribution is 2.17. The first kappa shape index (κ1) is 18.3. The van der Waals surface area contributed by atoms with Crippen LogP contribution in [-0.4, -0.2) is 30.5 Å². The average Bonchev–Trinajstić information content (AvgIpc) is 2.45. The van der Waals surface area contributed by atoms with Gasteiger partial charge in [0, 0.05) is 25.6 Å². The molecule has 2 rings (SSSR count). The monoisotopic (exact) mass is 401 g/mol. The van der Waals surface area contributed by atoms with Crippen LogP contribution < -0.4 is 5.73 Å². The molecule has 1 aromatic carbocycles. The second-order valence-corrected chi connectivity index (χ2v) is 6.20. The zero-order chi connectivity index (χ0) is 14.5. The third-order valence-corrected chi connectivity index (χ3v) is 4.15. The number of aryl methyl sites for hydroxylation is 1. The molecule has 21 heavy (non-hydrogen) atoms. The third kappa shape index (κ3) is 5.49. The summed E-state index contributed by atoms with van der Waals surface area (Å²) in [5.41, 5.74) is 8.77. The van der Waals surface area contributed by atoms with Gasteiger partial charge in [-0.1, -0.05) is 43.7 Å². The summed E-state index contributed by atoms with van der Waals surface area (Å²) >= 11 is 0. The molecule has 2 unspecified atom stereocenters. The van der Waals surface area contributed by atoms with Crippen LogP contribution in [0.15, 0.2) is 29.3 Å². The van der Waals surface area contributed by atoms with Crippen LogP contribution >= 0.6 is 24.0 Å². The number of benzene rings is 1. The molecule has 1 aliphatic heterocycles. The Balaban J connectivity index is 0.00000220. The van der Waals surface area contributed by atoms with Gasteiger partial charge in [-0.3, -0.25) is 4.99 Å². The number of nitrogens with two attached hydrogens (primary N) is 1. The van der Waals surface area contributed by atoms with Crippen molar-refractivity contribution < 1.29 is 0 Å². The first-order chi connectivity index (χ1) is 9.56. The molecule has 0 saturated carbocycles. The van der Waals surface area contributed by atoms with E-state index in [-0.39, 0.29) is 24.0 Å². The van der Waals surface area contributed by atoms with Gasteiger partial charge in [0.25, 0.3) is 0 Å². The molecule has 0 amide bonds. The van der Waals surface area contributed by atoms with Crippen molar-refractivity contribution in [1.29, 1.82) is 0 Å². The van der Waals surface area contributed by atoms with Gasteiger partial charge < -0.3 is 10.6 Å². The topological polar surface area (TPSA) is 41.6 Å². The van der Waals surface area contributed by atoms with Crippen molar-refractivity contribution >= 4 is 29.9 Å². The molecule has 0 spiro atoms. The van der Waals surface area contributed by atoms with E-state index in [1.54, 1.807) is 0 Å². The van der Waals surface area contributed by atoms with Gasteiger partial charge in [-0.2, -0.15) is 0 Å². The summed E-state index contributed by atoms with van der Waals surface area (Å²) in [4.78, 5) is 6.83. The maximum absolute atomic E-state index is 6.14. The summed E-state index contributed by atoms with van der Waals surface area (Å²) in [7, 11) is 0. The Hall–Kier alpha value is -0.780. The fourth-order valence-corrected chi connectivity index (χ4v) is 2.73. The van der Waals surface area contributed by atoms with E-state index in [2.05, 4.69) is 54.9 Å². The number of rotatable bonds is 3. The highest BCUT2D eigenvalue weighted by molar-refractivity contribution is 14.0. The second-order valence-electron chi connectivity index (χ2n) is 6.20. The van der Waals surface area contributed by atoms with Gasteiger partial charge in [-0.15, -0.1) is 24.0 Å². The molecule has 1 aromatic rings. The van der Waals surface area contributed by atoms with Gasteiger partial charge in [0.05, 0.1) is 0 Å². The van der Waals surface area contributed by atoms with Crippen molar-refractivity contribution in [2.24, 2.45) is 16.6 Å². The van der Waals surface area contributed by atoms with E-state index in [0.717, 1.165) is 31.5 Å². The van der Waals surface area contributed by atoms with Crippen molar-refractivity contribution in [3.8, 4) is 0 Å². The van der Waals surface area contributed by atoms with E-state index in [1.165, 1.54) is 24.0 Å². The molecule has 118 valence electrons. The Bertz CT molecular complexity index is 456. The molecule has 2 atom stereocenters. The molecule has 3 nitrogen and oxygen atoms in total. The minimum Gasteiger partial charge on any atom is -0.370 e. The molecule has 1 saturated heterocycles. The highest BCUT2D eigenvalue weighted by Gasteiger charge is 2.17. The normalized spacial score (nSPS) is 20.8. The summed E-state index contributed by atoms with van der Waals surface area (Å²) < 4.78 is 0.